The standard InChI is InChI=1S/C37H38ClN7O3S/c1-22-23(2)49-35-32(22)33(25-7-9-27(38)10-8-25)40-30(34-42-41-24(3)45(34)35)19-31(46)44-20-37(21-44)13-16-43(17-14-37)28-11-12-29(36(47)48-4)26(18-28)6-5-15-39/h7-12,18,30H,13-17,19-21,39H2,1-4H3/t30-/m0/s1. The molecule has 0 unspecified atom stereocenters. The Morgan fingerprint density at radius 1 is 1.08 bits per heavy atom. The van der Waals surface area contributed by atoms with Crippen LogP contribution >= 0.6 is 22.9 Å². The van der Waals surface area contributed by atoms with Crippen LogP contribution in [0.3, 0.4) is 0 Å². The summed E-state index contributed by atoms with van der Waals surface area (Å²) < 4.78 is 7.03. The van der Waals surface area contributed by atoms with Crippen molar-refractivity contribution in [3.63, 3.8) is 0 Å². The number of nitrogens with zero attached hydrogens (tertiary/aromatic N) is 6. The van der Waals surface area contributed by atoms with Crippen molar-refractivity contribution >= 4 is 46.2 Å². The number of carbonyl (C=O) groups is 2. The van der Waals surface area contributed by atoms with Gasteiger partial charge in [0.15, 0.2) is 5.82 Å². The van der Waals surface area contributed by atoms with E-state index in [4.69, 9.17) is 27.1 Å². The van der Waals surface area contributed by atoms with Crippen molar-refractivity contribution in [1.29, 1.82) is 0 Å². The number of halogens is 1. The fourth-order valence-corrected chi connectivity index (χ4v) is 8.53. The number of aliphatic imine (C=N–C) groups is 1. The van der Waals surface area contributed by atoms with Gasteiger partial charge in [-0.25, -0.2) is 4.79 Å². The molecule has 2 fully saturated rings. The third kappa shape index (κ3) is 6.03. The summed E-state index contributed by atoms with van der Waals surface area (Å²) in [5.41, 5.74) is 11.8. The van der Waals surface area contributed by atoms with Crippen molar-refractivity contribution in [1.82, 2.24) is 19.7 Å². The molecule has 0 radical (unpaired) electrons. The van der Waals surface area contributed by atoms with Crippen LogP contribution in [0, 0.1) is 38.0 Å². The molecular weight excluding hydrogens is 658 g/mol. The number of nitrogens with two attached hydrogens (primary N) is 1. The Kier molecular flexibility index (Phi) is 8.82. The molecule has 1 spiro atoms. The number of benzene rings is 2. The number of thiophene rings is 1. The molecule has 2 aromatic heterocycles. The van der Waals surface area contributed by atoms with E-state index in [1.807, 2.05) is 48.2 Å². The van der Waals surface area contributed by atoms with Crippen LogP contribution in [0.1, 0.15) is 74.4 Å². The monoisotopic (exact) mass is 695 g/mol. The Hall–Kier alpha value is -4.50. The number of aryl methyl sites for hydroxylation is 2. The van der Waals surface area contributed by atoms with E-state index in [-0.39, 0.29) is 24.3 Å². The number of hydrogen-bond donors (Lipinski definition) is 1. The number of hydrogen-bond acceptors (Lipinski definition) is 9. The van der Waals surface area contributed by atoms with Crippen LogP contribution in [0.25, 0.3) is 5.00 Å². The molecule has 5 heterocycles. The van der Waals surface area contributed by atoms with E-state index < -0.39 is 12.0 Å². The van der Waals surface area contributed by atoms with E-state index in [1.54, 1.807) is 17.4 Å². The lowest BCUT2D eigenvalue weighted by Gasteiger charge is -2.54. The molecule has 4 aromatic rings. The third-order valence-corrected chi connectivity index (χ3v) is 11.5. The first kappa shape index (κ1) is 33.0. The summed E-state index contributed by atoms with van der Waals surface area (Å²) in [5, 5.41) is 10.7. The lowest BCUT2D eigenvalue weighted by Crippen LogP contribution is -2.62. The highest BCUT2D eigenvalue weighted by Crippen LogP contribution is 2.44. The number of aromatic nitrogens is 3. The second-order valence-electron chi connectivity index (χ2n) is 13.1. The summed E-state index contributed by atoms with van der Waals surface area (Å²) in [4.78, 5) is 37.0. The summed E-state index contributed by atoms with van der Waals surface area (Å²) in [6.07, 6.45) is 2.14. The van der Waals surface area contributed by atoms with E-state index >= 15 is 0 Å². The molecule has 7 rings (SSSR count). The zero-order valence-corrected chi connectivity index (χ0v) is 29.6. The quantitative estimate of drug-likeness (QED) is 0.219. The summed E-state index contributed by atoms with van der Waals surface area (Å²) >= 11 is 7.96. The van der Waals surface area contributed by atoms with Gasteiger partial charge in [-0.05, 0) is 69.5 Å². The molecule has 49 heavy (non-hydrogen) atoms. The maximum atomic E-state index is 13.9. The molecule has 2 aromatic carbocycles. The zero-order valence-electron chi connectivity index (χ0n) is 28.0. The van der Waals surface area contributed by atoms with Crippen molar-refractivity contribution in [2.75, 3.05) is 44.7 Å². The van der Waals surface area contributed by atoms with E-state index in [0.717, 1.165) is 77.9 Å². The van der Waals surface area contributed by atoms with Gasteiger partial charge >= 0.3 is 5.97 Å². The largest absolute Gasteiger partial charge is 0.465 e. The maximum absolute atomic E-state index is 13.9. The maximum Gasteiger partial charge on any atom is 0.339 e. The molecule has 0 aliphatic carbocycles. The molecule has 2 saturated heterocycles. The first-order valence-electron chi connectivity index (χ1n) is 16.4. The Bertz CT molecular complexity index is 2040. The number of carbonyl (C=O) groups excluding carboxylic acids is 2. The minimum Gasteiger partial charge on any atom is -0.465 e. The smallest absolute Gasteiger partial charge is 0.339 e. The number of rotatable bonds is 5. The summed E-state index contributed by atoms with van der Waals surface area (Å²) in [5.74, 6) is 6.99. The fourth-order valence-electron chi connectivity index (χ4n) is 7.19. The number of piperidine rings is 1. The fraction of sp³-hybridized carbons (Fsp3) is 0.378. The second kappa shape index (κ2) is 13.1. The van der Waals surface area contributed by atoms with Gasteiger partial charge in [0.2, 0.25) is 5.91 Å². The van der Waals surface area contributed by atoms with Crippen LogP contribution in [-0.4, -0.2) is 77.1 Å². The lowest BCUT2D eigenvalue weighted by molar-refractivity contribution is -0.145. The Morgan fingerprint density at radius 3 is 2.51 bits per heavy atom. The highest BCUT2D eigenvalue weighted by Gasteiger charge is 2.47. The summed E-state index contributed by atoms with van der Waals surface area (Å²) in [6, 6.07) is 12.9. The van der Waals surface area contributed by atoms with Crippen molar-refractivity contribution in [2.24, 2.45) is 16.1 Å². The van der Waals surface area contributed by atoms with Gasteiger partial charge in [-0.15, -0.1) is 21.5 Å². The molecule has 0 bridgehead atoms. The third-order valence-electron chi connectivity index (χ3n) is 10.1. The van der Waals surface area contributed by atoms with Gasteiger partial charge in [-0.1, -0.05) is 35.6 Å². The molecule has 1 atom stereocenters. The summed E-state index contributed by atoms with van der Waals surface area (Å²) in [6.45, 7) is 9.56. The minimum absolute atomic E-state index is 0.0733. The second-order valence-corrected chi connectivity index (χ2v) is 14.7. The first-order valence-corrected chi connectivity index (χ1v) is 17.6. The Labute approximate surface area is 294 Å². The van der Waals surface area contributed by atoms with E-state index in [0.29, 0.717) is 22.0 Å². The SMILES string of the molecule is COC(=O)c1ccc(N2CCC3(CC2)CN(C(=O)C[C@@H]2N=C(c4ccc(Cl)cc4)c4c(sc(C)c4C)-n4c(C)nnc42)C3)cc1C#CCN. The average molecular weight is 696 g/mol. The molecule has 1 amide bonds. The van der Waals surface area contributed by atoms with Crippen molar-refractivity contribution in [3.8, 4) is 16.8 Å². The number of ether oxygens (including phenoxy) is 1. The van der Waals surface area contributed by atoms with Crippen molar-refractivity contribution in [2.45, 2.75) is 46.1 Å². The number of likely N-dealkylation sites (tertiary alicyclic amines) is 1. The highest BCUT2D eigenvalue weighted by molar-refractivity contribution is 7.15. The number of anilines is 1. The van der Waals surface area contributed by atoms with Gasteiger partial charge in [0.05, 0.1) is 31.4 Å². The van der Waals surface area contributed by atoms with Crippen LogP contribution in [0.2, 0.25) is 5.02 Å². The van der Waals surface area contributed by atoms with E-state index in [2.05, 4.69) is 45.4 Å². The van der Waals surface area contributed by atoms with Crippen LogP contribution in [0.15, 0.2) is 47.5 Å². The zero-order chi connectivity index (χ0) is 34.4. The molecule has 3 aliphatic heterocycles. The van der Waals surface area contributed by atoms with E-state index in [9.17, 15) is 9.59 Å². The van der Waals surface area contributed by atoms with E-state index in [1.165, 1.54) is 12.0 Å². The Balaban J connectivity index is 1.07. The van der Waals surface area contributed by atoms with Crippen molar-refractivity contribution < 1.29 is 14.3 Å². The normalized spacial score (nSPS) is 17.7. The van der Waals surface area contributed by atoms with Gasteiger partial charge in [0.1, 0.15) is 16.9 Å². The Morgan fingerprint density at radius 2 is 1.82 bits per heavy atom. The number of amides is 1. The number of fused-ring (bicyclic) bond motifs is 3. The van der Waals surface area contributed by atoms with Gasteiger partial charge in [-0.2, -0.15) is 0 Å². The first-order chi connectivity index (χ1) is 23.6. The predicted molar refractivity (Wildman–Crippen MR) is 192 cm³/mol. The van der Waals surface area contributed by atoms with Gasteiger partial charge in [0.25, 0.3) is 0 Å². The highest BCUT2D eigenvalue weighted by atomic mass is 35.5. The number of esters is 1. The van der Waals surface area contributed by atoms with Crippen LogP contribution in [0.5, 0.6) is 0 Å². The topological polar surface area (TPSA) is 119 Å². The molecular formula is C37H38ClN7O3S. The van der Waals surface area contributed by atoms with Crippen LogP contribution in [0.4, 0.5) is 5.69 Å². The molecule has 252 valence electrons. The molecule has 12 heteroatoms. The minimum atomic E-state index is -0.485. The summed E-state index contributed by atoms with van der Waals surface area (Å²) in [7, 11) is 1.36. The van der Waals surface area contributed by atoms with Gasteiger partial charge in [0, 0.05) is 63.9 Å². The molecule has 3 aliphatic rings. The molecule has 2 N–H and O–H groups in total. The number of methoxy groups -OCH3 is 1. The van der Waals surface area contributed by atoms with Gasteiger partial charge < -0.3 is 20.3 Å². The molecule has 10 nitrogen and oxygen atoms in total. The van der Waals surface area contributed by atoms with Crippen LogP contribution < -0.4 is 10.6 Å². The van der Waals surface area contributed by atoms with Gasteiger partial charge in [-0.3, -0.25) is 14.4 Å². The van der Waals surface area contributed by atoms with Crippen molar-refractivity contribution in [3.05, 3.63) is 91.8 Å². The molecule has 0 saturated carbocycles. The average Bonchev–Trinajstić information content (AvgIpc) is 3.57. The van der Waals surface area contributed by atoms with Crippen LogP contribution in [-0.2, 0) is 9.53 Å². The predicted octanol–water partition coefficient (Wildman–Crippen LogP) is 5.42. The lowest BCUT2D eigenvalue weighted by atomic mass is 9.71.